The lowest BCUT2D eigenvalue weighted by molar-refractivity contribution is -0.122. The lowest BCUT2D eigenvalue weighted by Crippen LogP contribution is -2.29. The van der Waals surface area contributed by atoms with Gasteiger partial charge < -0.3 is 19.5 Å². The Balaban J connectivity index is 1.21. The Morgan fingerprint density at radius 2 is 2.03 bits per heavy atom. The van der Waals surface area contributed by atoms with Crippen molar-refractivity contribution in [2.75, 3.05) is 25.8 Å². The summed E-state index contributed by atoms with van der Waals surface area (Å²) in [6, 6.07) is 12.8. The van der Waals surface area contributed by atoms with Crippen molar-refractivity contribution in [3.63, 3.8) is 0 Å². The molecular weight excluding hydrogens is 460 g/mol. The first-order valence-corrected chi connectivity index (χ1v) is 11.8. The third-order valence-electron chi connectivity index (χ3n) is 5.21. The number of benzene rings is 2. The van der Waals surface area contributed by atoms with E-state index in [2.05, 4.69) is 5.32 Å². The quantitative estimate of drug-likeness (QED) is 0.310. The van der Waals surface area contributed by atoms with Crippen LogP contribution in [0.2, 0.25) is 0 Å². The number of amides is 2. The van der Waals surface area contributed by atoms with Gasteiger partial charge in [0, 0.05) is 24.7 Å². The Labute approximate surface area is 202 Å². The molecule has 0 aromatic heterocycles. The second kappa shape index (κ2) is 10.7. The predicted molar refractivity (Wildman–Crippen MR) is 133 cm³/mol. The van der Waals surface area contributed by atoms with Crippen LogP contribution in [0.15, 0.2) is 47.4 Å². The minimum atomic E-state index is -0.0848. The van der Waals surface area contributed by atoms with Crippen molar-refractivity contribution in [2.45, 2.75) is 25.7 Å². The first-order valence-electron chi connectivity index (χ1n) is 10.6. The molecule has 2 aromatic carbocycles. The second-order valence-electron chi connectivity index (χ2n) is 7.54. The van der Waals surface area contributed by atoms with Gasteiger partial charge in [0.1, 0.15) is 10.1 Å². The molecule has 0 spiro atoms. The average Bonchev–Trinajstić information content (AvgIpc) is 3.38. The molecule has 2 aliphatic heterocycles. The number of methoxy groups -OCH3 is 1. The summed E-state index contributed by atoms with van der Waals surface area (Å²) in [5.41, 5.74) is 1.58. The number of ether oxygens (including phenoxy) is 3. The molecule has 0 atom stereocenters. The number of nitrogens with zero attached hydrogens (tertiary/aromatic N) is 1. The van der Waals surface area contributed by atoms with Crippen LogP contribution in [0, 0.1) is 0 Å². The number of thiocarbonyl (C=S) groups is 1. The summed E-state index contributed by atoms with van der Waals surface area (Å²) in [6.45, 7) is 0.754. The number of fused-ring (bicyclic) bond motifs is 1. The Bertz CT molecular complexity index is 1100. The third-order valence-corrected chi connectivity index (χ3v) is 6.58. The molecule has 2 heterocycles. The van der Waals surface area contributed by atoms with Crippen molar-refractivity contribution in [3.05, 3.63) is 52.9 Å². The fraction of sp³-hybridized carbons (Fsp3) is 0.292. The molecule has 1 N–H and O–H groups in total. The minimum absolute atomic E-state index is 0.0412. The second-order valence-corrected chi connectivity index (χ2v) is 9.21. The number of unbranched alkanes of at least 4 members (excludes halogenated alkanes) is 2. The molecule has 4 rings (SSSR count). The zero-order valence-electron chi connectivity index (χ0n) is 18.2. The number of hydrogen-bond acceptors (Lipinski definition) is 7. The highest BCUT2D eigenvalue weighted by molar-refractivity contribution is 8.26. The van der Waals surface area contributed by atoms with Gasteiger partial charge >= 0.3 is 0 Å². The highest BCUT2D eigenvalue weighted by Gasteiger charge is 2.31. The van der Waals surface area contributed by atoms with Gasteiger partial charge in [0.05, 0.1) is 12.0 Å². The first kappa shape index (κ1) is 23.1. The van der Waals surface area contributed by atoms with Crippen molar-refractivity contribution in [3.8, 4) is 17.2 Å². The molecule has 2 amide bonds. The lowest BCUT2D eigenvalue weighted by atomic mass is 10.1. The van der Waals surface area contributed by atoms with E-state index >= 15 is 0 Å². The average molecular weight is 485 g/mol. The van der Waals surface area contributed by atoms with Gasteiger partial charge in [-0.25, -0.2) is 0 Å². The maximum Gasteiger partial charge on any atom is 0.266 e. The lowest BCUT2D eigenvalue weighted by Gasteiger charge is -2.14. The van der Waals surface area contributed by atoms with Gasteiger partial charge in [-0.05, 0) is 48.7 Å². The van der Waals surface area contributed by atoms with E-state index in [9.17, 15) is 9.59 Å². The summed E-state index contributed by atoms with van der Waals surface area (Å²) in [6.07, 6.45) is 4.57. The topological polar surface area (TPSA) is 77.1 Å². The summed E-state index contributed by atoms with van der Waals surface area (Å²) >= 11 is 6.72. The van der Waals surface area contributed by atoms with Gasteiger partial charge in [0.15, 0.2) is 11.5 Å². The van der Waals surface area contributed by atoms with Crippen molar-refractivity contribution >= 4 is 51.9 Å². The van der Waals surface area contributed by atoms with E-state index < -0.39 is 0 Å². The molecule has 0 radical (unpaired) electrons. The van der Waals surface area contributed by atoms with Crippen LogP contribution >= 0.6 is 24.0 Å². The van der Waals surface area contributed by atoms with E-state index in [-0.39, 0.29) is 18.6 Å². The van der Waals surface area contributed by atoms with E-state index in [0.29, 0.717) is 45.1 Å². The molecule has 9 heteroatoms. The van der Waals surface area contributed by atoms with E-state index in [0.717, 1.165) is 24.8 Å². The van der Waals surface area contributed by atoms with Gasteiger partial charge in [-0.2, -0.15) is 0 Å². The molecule has 0 unspecified atom stereocenters. The number of nitrogens with one attached hydrogen (secondary N) is 1. The molecule has 0 bridgehead atoms. The number of carbonyl (C=O) groups is 2. The largest absolute Gasteiger partial charge is 0.497 e. The van der Waals surface area contributed by atoms with Crippen molar-refractivity contribution in [1.29, 1.82) is 0 Å². The van der Waals surface area contributed by atoms with Crippen LogP contribution in [0.4, 0.5) is 5.69 Å². The van der Waals surface area contributed by atoms with Crippen LogP contribution in [0.25, 0.3) is 6.08 Å². The molecule has 33 heavy (non-hydrogen) atoms. The summed E-state index contributed by atoms with van der Waals surface area (Å²) in [4.78, 5) is 27.2. The number of thioether (sulfide) groups is 1. The normalized spacial score (nSPS) is 15.9. The zero-order chi connectivity index (χ0) is 23.2. The standard InChI is InChI=1S/C24H24N2O5S2/c1-29-18-7-5-6-17(14-18)25-22(27)8-3-2-4-11-26-23(28)21(33-24(26)32)13-16-9-10-19-20(12-16)31-15-30-19/h5-7,9-10,12-14H,2-4,8,11,15H2,1H3,(H,25,27)/b21-13-. The number of anilines is 1. The molecule has 0 saturated carbocycles. The number of rotatable bonds is 9. The predicted octanol–water partition coefficient (Wildman–Crippen LogP) is 4.82. The van der Waals surface area contributed by atoms with Crippen molar-refractivity contribution in [1.82, 2.24) is 4.90 Å². The van der Waals surface area contributed by atoms with Crippen LogP contribution in [-0.2, 0) is 9.59 Å². The van der Waals surface area contributed by atoms with Crippen LogP contribution in [0.5, 0.6) is 17.2 Å². The summed E-state index contributed by atoms with van der Waals surface area (Å²) in [5.74, 6) is 1.95. The van der Waals surface area contributed by atoms with Gasteiger partial charge in [0.2, 0.25) is 12.7 Å². The van der Waals surface area contributed by atoms with E-state index in [1.807, 2.05) is 42.5 Å². The number of hydrogen-bond donors (Lipinski definition) is 1. The maximum absolute atomic E-state index is 12.8. The smallest absolute Gasteiger partial charge is 0.266 e. The van der Waals surface area contributed by atoms with Crippen LogP contribution in [-0.4, -0.2) is 41.5 Å². The first-order chi connectivity index (χ1) is 16.0. The molecule has 172 valence electrons. The Morgan fingerprint density at radius 3 is 2.88 bits per heavy atom. The van der Waals surface area contributed by atoms with Gasteiger partial charge in [-0.1, -0.05) is 42.5 Å². The molecule has 2 aromatic rings. The Morgan fingerprint density at radius 1 is 1.18 bits per heavy atom. The molecule has 0 aliphatic carbocycles. The minimum Gasteiger partial charge on any atom is -0.497 e. The van der Waals surface area contributed by atoms with Gasteiger partial charge in [-0.15, -0.1) is 0 Å². The summed E-state index contributed by atoms with van der Waals surface area (Å²) in [7, 11) is 1.59. The molecular formula is C24H24N2O5S2. The maximum atomic E-state index is 12.8. The fourth-order valence-electron chi connectivity index (χ4n) is 3.50. The van der Waals surface area contributed by atoms with E-state index in [4.69, 9.17) is 26.4 Å². The molecule has 1 fully saturated rings. The van der Waals surface area contributed by atoms with Gasteiger partial charge in [0.25, 0.3) is 5.91 Å². The Hall–Kier alpha value is -3.04. The van der Waals surface area contributed by atoms with E-state index in [1.54, 1.807) is 18.1 Å². The van der Waals surface area contributed by atoms with Crippen LogP contribution in [0.3, 0.4) is 0 Å². The monoisotopic (exact) mass is 484 g/mol. The SMILES string of the molecule is COc1cccc(NC(=O)CCCCCN2C(=O)/C(=C/c3ccc4c(c3)OCO4)SC2=S)c1. The zero-order valence-corrected chi connectivity index (χ0v) is 19.8. The fourth-order valence-corrected chi connectivity index (χ4v) is 4.81. The third kappa shape index (κ3) is 5.85. The van der Waals surface area contributed by atoms with Crippen LogP contribution in [0.1, 0.15) is 31.2 Å². The molecule has 1 saturated heterocycles. The highest BCUT2D eigenvalue weighted by Crippen LogP contribution is 2.36. The molecule has 7 nitrogen and oxygen atoms in total. The van der Waals surface area contributed by atoms with E-state index in [1.165, 1.54) is 11.8 Å². The summed E-state index contributed by atoms with van der Waals surface area (Å²) in [5, 5.41) is 2.88. The van der Waals surface area contributed by atoms with Crippen molar-refractivity contribution in [2.24, 2.45) is 0 Å². The Kier molecular flexibility index (Phi) is 7.51. The highest BCUT2D eigenvalue weighted by atomic mass is 32.2. The molecule has 2 aliphatic rings. The van der Waals surface area contributed by atoms with Crippen LogP contribution < -0.4 is 19.5 Å². The number of carbonyl (C=O) groups excluding carboxylic acids is 2. The summed E-state index contributed by atoms with van der Waals surface area (Å²) < 4.78 is 16.4. The van der Waals surface area contributed by atoms with Gasteiger partial charge in [-0.3, -0.25) is 14.5 Å². The van der Waals surface area contributed by atoms with Crippen molar-refractivity contribution < 1.29 is 23.8 Å².